The summed E-state index contributed by atoms with van der Waals surface area (Å²) in [6.45, 7) is 0.438. The highest BCUT2D eigenvalue weighted by molar-refractivity contribution is 5.75. The molecule has 4 nitrogen and oxygen atoms in total. The Labute approximate surface area is 76.0 Å². The molecule has 0 amide bonds. The van der Waals surface area contributed by atoms with Crippen LogP contribution in [0.3, 0.4) is 0 Å². The molecule has 4 heteroatoms. The topological polar surface area (TPSA) is 80.7 Å². The van der Waals surface area contributed by atoms with Crippen molar-refractivity contribution < 1.29 is 0 Å². The Morgan fingerprint density at radius 2 is 2.38 bits per heavy atom. The number of hydrogen-bond donors (Lipinski definition) is 3. The SMILES string of the molecule is NC[C@@H](N)c1cnc2cc[nH]c2c1. The Kier molecular flexibility index (Phi) is 2.00. The molecule has 68 valence electrons. The molecule has 5 N–H and O–H groups in total. The van der Waals surface area contributed by atoms with Gasteiger partial charge in [-0.3, -0.25) is 4.98 Å². The van der Waals surface area contributed by atoms with Gasteiger partial charge in [-0.1, -0.05) is 0 Å². The second-order valence-electron chi connectivity index (χ2n) is 3.02. The molecule has 2 heterocycles. The van der Waals surface area contributed by atoms with E-state index in [0.29, 0.717) is 6.54 Å². The predicted molar refractivity (Wildman–Crippen MR) is 52.1 cm³/mol. The molecular formula is C9H12N4. The minimum absolute atomic E-state index is 0.125. The summed E-state index contributed by atoms with van der Waals surface area (Å²) in [5.74, 6) is 0. The Morgan fingerprint density at radius 3 is 3.15 bits per heavy atom. The molecule has 0 aliphatic carbocycles. The number of aromatic amines is 1. The third-order valence-corrected chi connectivity index (χ3v) is 2.10. The standard InChI is InChI=1S/C9H12N4/c10-4-7(11)6-3-9-8(13-5-6)1-2-12-9/h1-3,5,7,12H,4,10-11H2/t7-/m1/s1. The minimum Gasteiger partial charge on any atom is -0.360 e. The first-order chi connectivity index (χ1) is 6.31. The van der Waals surface area contributed by atoms with E-state index in [-0.39, 0.29) is 6.04 Å². The number of nitrogens with one attached hydrogen (secondary N) is 1. The zero-order valence-corrected chi connectivity index (χ0v) is 7.20. The molecule has 0 aromatic carbocycles. The molecule has 0 saturated heterocycles. The van der Waals surface area contributed by atoms with E-state index < -0.39 is 0 Å². The van der Waals surface area contributed by atoms with Crippen molar-refractivity contribution in [2.75, 3.05) is 6.54 Å². The molecule has 2 aromatic heterocycles. The Hall–Kier alpha value is -1.39. The first-order valence-electron chi connectivity index (χ1n) is 4.20. The maximum absolute atomic E-state index is 5.78. The van der Waals surface area contributed by atoms with Gasteiger partial charge in [-0.2, -0.15) is 0 Å². The second-order valence-corrected chi connectivity index (χ2v) is 3.02. The predicted octanol–water partition coefficient (Wildman–Crippen LogP) is 0.521. The molecule has 2 aromatic rings. The highest BCUT2D eigenvalue weighted by Gasteiger charge is 2.05. The third kappa shape index (κ3) is 1.41. The number of hydrogen-bond acceptors (Lipinski definition) is 3. The molecule has 0 fully saturated rings. The summed E-state index contributed by atoms with van der Waals surface area (Å²) in [6, 6.07) is 3.78. The van der Waals surface area contributed by atoms with Crippen molar-refractivity contribution >= 4 is 11.0 Å². The molecular weight excluding hydrogens is 164 g/mol. The Morgan fingerprint density at radius 1 is 1.54 bits per heavy atom. The Balaban J connectivity index is 2.48. The van der Waals surface area contributed by atoms with E-state index in [0.717, 1.165) is 16.6 Å². The summed E-state index contributed by atoms with van der Waals surface area (Å²) < 4.78 is 0. The van der Waals surface area contributed by atoms with Crippen LogP contribution in [0.4, 0.5) is 0 Å². The van der Waals surface area contributed by atoms with Crippen molar-refractivity contribution in [3.05, 3.63) is 30.1 Å². The van der Waals surface area contributed by atoms with E-state index in [2.05, 4.69) is 9.97 Å². The molecule has 0 radical (unpaired) electrons. The van der Waals surface area contributed by atoms with E-state index in [1.807, 2.05) is 18.3 Å². The average molecular weight is 176 g/mol. The van der Waals surface area contributed by atoms with Gasteiger partial charge in [-0.15, -0.1) is 0 Å². The zero-order valence-electron chi connectivity index (χ0n) is 7.20. The lowest BCUT2D eigenvalue weighted by Crippen LogP contribution is -2.20. The quantitative estimate of drug-likeness (QED) is 0.624. The van der Waals surface area contributed by atoms with Gasteiger partial charge in [0.15, 0.2) is 0 Å². The summed E-state index contributed by atoms with van der Waals surface area (Å²) >= 11 is 0. The van der Waals surface area contributed by atoms with Gasteiger partial charge in [0, 0.05) is 25.0 Å². The van der Waals surface area contributed by atoms with Crippen LogP contribution in [-0.2, 0) is 0 Å². The van der Waals surface area contributed by atoms with E-state index in [1.54, 1.807) is 6.20 Å². The number of aromatic nitrogens is 2. The van der Waals surface area contributed by atoms with Gasteiger partial charge in [0.2, 0.25) is 0 Å². The van der Waals surface area contributed by atoms with Crippen LogP contribution in [0.25, 0.3) is 11.0 Å². The van der Waals surface area contributed by atoms with Crippen LogP contribution in [0, 0.1) is 0 Å². The summed E-state index contributed by atoms with van der Waals surface area (Å²) in [5.41, 5.74) is 14.2. The first kappa shape index (κ1) is 8.22. The third-order valence-electron chi connectivity index (χ3n) is 2.10. The van der Waals surface area contributed by atoms with Crippen LogP contribution in [0.15, 0.2) is 24.5 Å². The molecule has 13 heavy (non-hydrogen) atoms. The molecule has 0 saturated carbocycles. The maximum atomic E-state index is 5.78. The average Bonchev–Trinajstić information content (AvgIpc) is 2.63. The van der Waals surface area contributed by atoms with Gasteiger partial charge >= 0.3 is 0 Å². The monoisotopic (exact) mass is 176 g/mol. The zero-order chi connectivity index (χ0) is 9.26. The molecule has 0 spiro atoms. The number of H-pyrrole nitrogens is 1. The highest BCUT2D eigenvalue weighted by atomic mass is 14.8. The van der Waals surface area contributed by atoms with Gasteiger partial charge in [0.1, 0.15) is 0 Å². The number of nitrogens with zero attached hydrogens (tertiary/aromatic N) is 1. The van der Waals surface area contributed by atoms with Crippen molar-refractivity contribution in [1.29, 1.82) is 0 Å². The van der Waals surface area contributed by atoms with E-state index >= 15 is 0 Å². The van der Waals surface area contributed by atoms with Crippen molar-refractivity contribution in [2.45, 2.75) is 6.04 Å². The van der Waals surface area contributed by atoms with Crippen LogP contribution in [0.2, 0.25) is 0 Å². The summed E-state index contributed by atoms with van der Waals surface area (Å²) in [5, 5.41) is 0. The van der Waals surface area contributed by atoms with Crippen LogP contribution in [0.5, 0.6) is 0 Å². The van der Waals surface area contributed by atoms with Gasteiger partial charge in [-0.05, 0) is 17.7 Å². The van der Waals surface area contributed by atoms with Crippen LogP contribution < -0.4 is 11.5 Å². The fourth-order valence-electron chi connectivity index (χ4n) is 1.29. The fourth-order valence-corrected chi connectivity index (χ4v) is 1.29. The molecule has 0 aliphatic heterocycles. The van der Waals surface area contributed by atoms with Crippen LogP contribution in [-0.4, -0.2) is 16.5 Å². The maximum Gasteiger partial charge on any atom is 0.0878 e. The minimum atomic E-state index is -0.125. The van der Waals surface area contributed by atoms with Crippen molar-refractivity contribution in [1.82, 2.24) is 9.97 Å². The van der Waals surface area contributed by atoms with Crippen molar-refractivity contribution in [3.63, 3.8) is 0 Å². The van der Waals surface area contributed by atoms with Gasteiger partial charge in [0.25, 0.3) is 0 Å². The summed E-state index contributed by atoms with van der Waals surface area (Å²) in [4.78, 5) is 7.32. The molecule has 0 bridgehead atoms. The van der Waals surface area contributed by atoms with Gasteiger partial charge < -0.3 is 16.5 Å². The highest BCUT2D eigenvalue weighted by Crippen LogP contribution is 2.14. The van der Waals surface area contributed by atoms with E-state index in [1.165, 1.54) is 0 Å². The molecule has 0 unspecified atom stereocenters. The van der Waals surface area contributed by atoms with E-state index in [4.69, 9.17) is 11.5 Å². The lowest BCUT2D eigenvalue weighted by Gasteiger charge is -2.07. The Bertz CT molecular complexity index is 407. The number of fused-ring (bicyclic) bond motifs is 1. The largest absolute Gasteiger partial charge is 0.360 e. The number of nitrogens with two attached hydrogens (primary N) is 2. The molecule has 2 rings (SSSR count). The smallest absolute Gasteiger partial charge is 0.0878 e. The van der Waals surface area contributed by atoms with Crippen LogP contribution >= 0.6 is 0 Å². The van der Waals surface area contributed by atoms with Gasteiger partial charge in [-0.25, -0.2) is 0 Å². The first-order valence-corrected chi connectivity index (χ1v) is 4.20. The lowest BCUT2D eigenvalue weighted by molar-refractivity contribution is 0.735. The van der Waals surface area contributed by atoms with Crippen molar-refractivity contribution in [2.24, 2.45) is 11.5 Å². The summed E-state index contributed by atoms with van der Waals surface area (Å²) in [7, 11) is 0. The summed E-state index contributed by atoms with van der Waals surface area (Å²) in [6.07, 6.45) is 3.63. The molecule has 0 aliphatic rings. The van der Waals surface area contributed by atoms with Gasteiger partial charge in [0.05, 0.1) is 11.0 Å². The number of pyridine rings is 1. The second kappa shape index (κ2) is 3.16. The fraction of sp³-hybridized carbons (Fsp3) is 0.222. The van der Waals surface area contributed by atoms with Crippen LogP contribution in [0.1, 0.15) is 11.6 Å². The molecule has 1 atom stereocenters. The van der Waals surface area contributed by atoms with Crippen molar-refractivity contribution in [3.8, 4) is 0 Å². The normalized spacial score (nSPS) is 13.4. The van der Waals surface area contributed by atoms with E-state index in [9.17, 15) is 0 Å². The lowest BCUT2D eigenvalue weighted by atomic mass is 10.1. The number of rotatable bonds is 2.